The average molecular weight is 294 g/mol. The maximum atomic E-state index is 13.3. The Morgan fingerprint density at radius 3 is 2.67 bits per heavy atom. The third kappa shape index (κ3) is 3.88. The Labute approximate surface area is 119 Å². The van der Waals surface area contributed by atoms with Crippen molar-refractivity contribution in [2.75, 3.05) is 18.5 Å². The fourth-order valence-corrected chi connectivity index (χ4v) is 1.72. The number of nitrogens with zero attached hydrogens (tertiary/aromatic N) is 1. The predicted molar refractivity (Wildman–Crippen MR) is 73.4 cm³/mol. The molecule has 1 N–H and O–H groups in total. The average Bonchev–Trinajstić information content (AvgIpc) is 2.45. The van der Waals surface area contributed by atoms with Crippen molar-refractivity contribution >= 4 is 11.4 Å². The largest absolute Gasteiger partial charge is 0.489 e. The van der Waals surface area contributed by atoms with E-state index >= 15 is 0 Å². The molecule has 0 saturated heterocycles. The smallest absolute Gasteiger partial charge is 0.292 e. The highest BCUT2D eigenvalue weighted by Gasteiger charge is 2.11. The molecule has 21 heavy (non-hydrogen) atoms. The summed E-state index contributed by atoms with van der Waals surface area (Å²) < 4.78 is 31.1. The van der Waals surface area contributed by atoms with E-state index < -0.39 is 16.6 Å². The lowest BCUT2D eigenvalue weighted by atomic mass is 10.2. The Kier molecular flexibility index (Phi) is 4.65. The van der Waals surface area contributed by atoms with E-state index in [1.165, 1.54) is 12.1 Å². The Morgan fingerprint density at radius 2 is 1.95 bits per heavy atom. The first-order chi connectivity index (χ1) is 10.1. The number of nitro groups is 1. The van der Waals surface area contributed by atoms with Crippen LogP contribution in [0.1, 0.15) is 0 Å². The van der Waals surface area contributed by atoms with Gasteiger partial charge < -0.3 is 10.1 Å². The molecule has 2 aromatic carbocycles. The Hall–Kier alpha value is -2.70. The van der Waals surface area contributed by atoms with Crippen LogP contribution in [0.3, 0.4) is 0 Å². The standard InChI is InChI=1S/C14H12F2N2O3/c15-10-5-6-14(11(16)9-10)21-8-7-17-12-3-1-2-4-13(12)18(19)20/h1-6,9,17H,7-8H2. The number of para-hydroxylation sites is 2. The summed E-state index contributed by atoms with van der Waals surface area (Å²) in [6, 6.07) is 9.18. The van der Waals surface area contributed by atoms with Crippen LogP contribution in [-0.2, 0) is 0 Å². The molecule has 0 unspecified atom stereocenters. The molecular weight excluding hydrogens is 282 g/mol. The van der Waals surface area contributed by atoms with Crippen LogP contribution in [0, 0.1) is 21.7 Å². The van der Waals surface area contributed by atoms with Gasteiger partial charge in [-0.05, 0) is 18.2 Å². The molecule has 0 amide bonds. The number of rotatable bonds is 6. The first-order valence-electron chi connectivity index (χ1n) is 6.13. The number of benzene rings is 2. The lowest BCUT2D eigenvalue weighted by Gasteiger charge is -2.09. The maximum absolute atomic E-state index is 13.3. The highest BCUT2D eigenvalue weighted by molar-refractivity contribution is 5.61. The van der Waals surface area contributed by atoms with Crippen molar-refractivity contribution in [3.63, 3.8) is 0 Å². The van der Waals surface area contributed by atoms with E-state index in [2.05, 4.69) is 5.32 Å². The summed E-state index contributed by atoms with van der Waals surface area (Å²) in [5, 5.41) is 13.6. The van der Waals surface area contributed by atoms with Crippen LogP contribution < -0.4 is 10.1 Å². The molecule has 7 heteroatoms. The van der Waals surface area contributed by atoms with Crippen LogP contribution in [0.25, 0.3) is 0 Å². The molecule has 0 bridgehead atoms. The van der Waals surface area contributed by atoms with Crippen molar-refractivity contribution in [2.45, 2.75) is 0 Å². The van der Waals surface area contributed by atoms with Crippen molar-refractivity contribution in [2.24, 2.45) is 0 Å². The molecule has 2 aromatic rings. The van der Waals surface area contributed by atoms with Crippen LogP contribution in [-0.4, -0.2) is 18.1 Å². The van der Waals surface area contributed by atoms with Crippen molar-refractivity contribution in [1.29, 1.82) is 0 Å². The van der Waals surface area contributed by atoms with Crippen LogP contribution in [0.4, 0.5) is 20.2 Å². The van der Waals surface area contributed by atoms with Crippen LogP contribution in [0.2, 0.25) is 0 Å². The molecule has 0 atom stereocenters. The molecule has 0 aliphatic rings. The summed E-state index contributed by atoms with van der Waals surface area (Å²) >= 11 is 0. The Bertz CT molecular complexity index is 650. The molecule has 5 nitrogen and oxygen atoms in total. The number of hydrogen-bond donors (Lipinski definition) is 1. The Morgan fingerprint density at radius 1 is 1.19 bits per heavy atom. The van der Waals surface area contributed by atoms with Gasteiger partial charge >= 0.3 is 0 Å². The Balaban J connectivity index is 1.89. The molecule has 0 aromatic heterocycles. The second kappa shape index (κ2) is 6.65. The van der Waals surface area contributed by atoms with E-state index in [4.69, 9.17) is 4.74 Å². The van der Waals surface area contributed by atoms with Gasteiger partial charge in [0.05, 0.1) is 4.92 Å². The molecule has 0 heterocycles. The van der Waals surface area contributed by atoms with Gasteiger partial charge in [-0.25, -0.2) is 8.78 Å². The first-order valence-corrected chi connectivity index (χ1v) is 6.13. The minimum absolute atomic E-state index is 0.0505. The zero-order valence-electron chi connectivity index (χ0n) is 10.9. The molecule has 0 aliphatic heterocycles. The SMILES string of the molecule is O=[N+]([O-])c1ccccc1NCCOc1ccc(F)cc1F. The fraction of sp³-hybridized carbons (Fsp3) is 0.143. The van der Waals surface area contributed by atoms with Gasteiger partial charge in [-0.3, -0.25) is 10.1 Å². The normalized spacial score (nSPS) is 10.2. The topological polar surface area (TPSA) is 64.4 Å². The maximum Gasteiger partial charge on any atom is 0.292 e. The summed E-state index contributed by atoms with van der Waals surface area (Å²) in [4.78, 5) is 10.3. The highest BCUT2D eigenvalue weighted by Crippen LogP contribution is 2.23. The second-order valence-corrected chi connectivity index (χ2v) is 4.12. The van der Waals surface area contributed by atoms with Crippen molar-refractivity contribution < 1.29 is 18.4 Å². The van der Waals surface area contributed by atoms with Gasteiger partial charge in [-0.2, -0.15) is 0 Å². The molecular formula is C14H12F2N2O3. The van der Waals surface area contributed by atoms with E-state index in [9.17, 15) is 18.9 Å². The van der Waals surface area contributed by atoms with E-state index in [1.807, 2.05) is 0 Å². The zero-order valence-corrected chi connectivity index (χ0v) is 10.9. The van der Waals surface area contributed by atoms with Crippen molar-refractivity contribution in [1.82, 2.24) is 0 Å². The van der Waals surface area contributed by atoms with E-state index in [-0.39, 0.29) is 24.6 Å². The van der Waals surface area contributed by atoms with Gasteiger partial charge in [-0.15, -0.1) is 0 Å². The first kappa shape index (κ1) is 14.7. The van der Waals surface area contributed by atoms with Gasteiger partial charge in [0, 0.05) is 18.7 Å². The number of nitrogens with one attached hydrogen (secondary N) is 1. The highest BCUT2D eigenvalue weighted by atomic mass is 19.1. The fourth-order valence-electron chi connectivity index (χ4n) is 1.72. The summed E-state index contributed by atoms with van der Waals surface area (Å²) in [5.74, 6) is -1.54. The number of hydrogen-bond acceptors (Lipinski definition) is 4. The van der Waals surface area contributed by atoms with Crippen molar-refractivity contribution in [3.8, 4) is 5.75 Å². The molecule has 0 radical (unpaired) electrons. The molecule has 0 fully saturated rings. The van der Waals surface area contributed by atoms with Gasteiger partial charge in [0.25, 0.3) is 5.69 Å². The van der Waals surface area contributed by atoms with Gasteiger partial charge in [0.2, 0.25) is 0 Å². The minimum Gasteiger partial charge on any atom is -0.489 e. The quantitative estimate of drug-likeness (QED) is 0.504. The number of anilines is 1. The zero-order chi connectivity index (χ0) is 15.2. The third-order valence-electron chi connectivity index (χ3n) is 2.67. The van der Waals surface area contributed by atoms with Gasteiger partial charge in [-0.1, -0.05) is 12.1 Å². The number of halogens is 2. The summed E-state index contributed by atoms with van der Waals surface area (Å²) in [6.45, 7) is 0.316. The van der Waals surface area contributed by atoms with Crippen LogP contribution in [0.5, 0.6) is 5.75 Å². The number of ether oxygens (including phenoxy) is 1. The van der Waals surface area contributed by atoms with E-state index in [1.54, 1.807) is 18.2 Å². The lowest BCUT2D eigenvalue weighted by Crippen LogP contribution is -2.13. The minimum atomic E-state index is -0.791. The van der Waals surface area contributed by atoms with E-state index in [0.717, 1.165) is 12.1 Å². The van der Waals surface area contributed by atoms with Crippen molar-refractivity contribution in [3.05, 3.63) is 64.2 Å². The summed E-state index contributed by atoms with van der Waals surface area (Å²) in [5.41, 5.74) is 0.302. The van der Waals surface area contributed by atoms with E-state index in [0.29, 0.717) is 5.69 Å². The number of nitro benzene ring substituents is 1. The van der Waals surface area contributed by atoms with Gasteiger partial charge in [0.15, 0.2) is 11.6 Å². The lowest BCUT2D eigenvalue weighted by molar-refractivity contribution is -0.384. The molecule has 0 aliphatic carbocycles. The second-order valence-electron chi connectivity index (χ2n) is 4.12. The predicted octanol–water partition coefficient (Wildman–Crippen LogP) is 3.36. The summed E-state index contributed by atoms with van der Waals surface area (Å²) in [7, 11) is 0. The van der Waals surface area contributed by atoms with Crippen LogP contribution >= 0.6 is 0 Å². The molecule has 110 valence electrons. The monoisotopic (exact) mass is 294 g/mol. The molecule has 0 saturated carbocycles. The molecule has 0 spiro atoms. The third-order valence-corrected chi connectivity index (χ3v) is 2.67. The summed E-state index contributed by atoms with van der Waals surface area (Å²) in [6.07, 6.45) is 0. The molecule has 2 rings (SSSR count). The van der Waals surface area contributed by atoms with Gasteiger partial charge in [0.1, 0.15) is 18.1 Å². The van der Waals surface area contributed by atoms with Crippen LogP contribution in [0.15, 0.2) is 42.5 Å².